The van der Waals surface area contributed by atoms with Gasteiger partial charge in [0.2, 0.25) is 15.9 Å². The zero-order chi connectivity index (χ0) is 32.9. The summed E-state index contributed by atoms with van der Waals surface area (Å²) in [6.45, 7) is 5.55. The Kier molecular flexibility index (Phi) is 8.62. The Hall–Kier alpha value is -3.37. The third-order valence-corrected chi connectivity index (χ3v) is 13.3. The molecule has 2 amide bonds. The fourth-order valence-electron chi connectivity index (χ4n) is 8.21. The number of hydrogen-bond donors (Lipinski definition) is 2. The highest BCUT2D eigenvalue weighted by atomic mass is 32.2. The Morgan fingerprint density at radius 1 is 1.04 bits per heavy atom. The van der Waals surface area contributed by atoms with Crippen molar-refractivity contribution < 1.29 is 22.7 Å². The van der Waals surface area contributed by atoms with Gasteiger partial charge in [0.25, 0.3) is 5.91 Å². The lowest BCUT2D eigenvalue weighted by atomic mass is 9.81. The van der Waals surface area contributed by atoms with Crippen LogP contribution in [0.1, 0.15) is 99.9 Å². The molecule has 2 N–H and O–H groups in total. The number of nitrogens with zero attached hydrogens (tertiary/aromatic N) is 2. The highest BCUT2D eigenvalue weighted by Crippen LogP contribution is 2.53. The van der Waals surface area contributed by atoms with Crippen LogP contribution in [0.2, 0.25) is 0 Å². The fourth-order valence-corrected chi connectivity index (χ4v) is 9.23. The van der Waals surface area contributed by atoms with E-state index in [-0.39, 0.29) is 11.9 Å². The molecule has 9 nitrogen and oxygen atoms in total. The molecule has 2 bridgehead atoms. The molecule has 2 aliphatic carbocycles. The minimum atomic E-state index is -3.81. The number of piperidine rings is 2. The van der Waals surface area contributed by atoms with Gasteiger partial charge in [-0.3, -0.25) is 9.59 Å². The zero-order valence-corrected chi connectivity index (χ0v) is 28.7. The minimum Gasteiger partial charge on any atom is -0.497 e. The molecule has 0 radical (unpaired) electrons. The molecule has 0 spiro atoms. The van der Waals surface area contributed by atoms with Crippen LogP contribution in [0.25, 0.3) is 22.2 Å². The number of carbonyl (C=O) groups is 2. The minimum absolute atomic E-state index is 0.244. The second kappa shape index (κ2) is 12.6. The van der Waals surface area contributed by atoms with Crippen molar-refractivity contribution in [3.63, 3.8) is 0 Å². The van der Waals surface area contributed by atoms with Gasteiger partial charge in [0.15, 0.2) is 0 Å². The van der Waals surface area contributed by atoms with Crippen molar-refractivity contribution in [3.8, 4) is 17.0 Å². The number of aromatic nitrogens is 1. The highest BCUT2D eigenvalue weighted by molar-refractivity contribution is 7.90. The van der Waals surface area contributed by atoms with Crippen LogP contribution in [-0.2, 0) is 21.4 Å². The molecule has 3 aliphatic heterocycles. The number of benzene rings is 2. The summed E-state index contributed by atoms with van der Waals surface area (Å²) in [5.74, 6) is 0.757. The van der Waals surface area contributed by atoms with Crippen molar-refractivity contribution in [2.45, 2.75) is 108 Å². The van der Waals surface area contributed by atoms with E-state index in [1.165, 1.54) is 24.8 Å². The highest BCUT2D eigenvalue weighted by Gasteiger charge is 2.54. The van der Waals surface area contributed by atoms with Crippen molar-refractivity contribution in [2.24, 2.45) is 5.41 Å². The monoisotopic (exact) mass is 660 g/mol. The lowest BCUT2D eigenvalue weighted by Crippen LogP contribution is -2.63. The Bertz CT molecular complexity index is 1760. The van der Waals surface area contributed by atoms with Crippen LogP contribution >= 0.6 is 0 Å². The number of nitrogens with one attached hydrogen (secondary N) is 2. The van der Waals surface area contributed by atoms with Crippen LogP contribution < -0.4 is 14.8 Å². The number of carbonyl (C=O) groups excluding carboxylic acids is 2. The van der Waals surface area contributed by atoms with Gasteiger partial charge >= 0.3 is 0 Å². The first kappa shape index (κ1) is 32.2. The molecule has 5 fully saturated rings. The largest absolute Gasteiger partial charge is 0.497 e. The third kappa shape index (κ3) is 5.96. The summed E-state index contributed by atoms with van der Waals surface area (Å²) >= 11 is 0. The molecule has 252 valence electrons. The number of piperazine rings is 1. The number of sulfonamides is 1. The normalized spacial score (nSPS) is 23.1. The molecule has 5 aliphatic rings. The van der Waals surface area contributed by atoms with E-state index in [1.807, 2.05) is 24.3 Å². The second-order valence-corrected chi connectivity index (χ2v) is 16.5. The third-order valence-electron chi connectivity index (χ3n) is 11.5. The quantitative estimate of drug-likeness (QED) is 0.278. The van der Waals surface area contributed by atoms with E-state index in [0.29, 0.717) is 30.5 Å². The van der Waals surface area contributed by atoms with Gasteiger partial charge in [0.05, 0.1) is 23.5 Å². The van der Waals surface area contributed by atoms with E-state index in [1.54, 1.807) is 27.0 Å². The molecule has 4 heterocycles. The first-order chi connectivity index (χ1) is 22.6. The van der Waals surface area contributed by atoms with Crippen molar-refractivity contribution in [1.29, 1.82) is 0 Å². The number of rotatable bonds is 10. The topological polar surface area (TPSA) is 110 Å². The molecule has 3 atom stereocenters. The van der Waals surface area contributed by atoms with Crippen LogP contribution in [0.5, 0.6) is 5.75 Å². The van der Waals surface area contributed by atoms with Gasteiger partial charge in [0, 0.05) is 48.2 Å². The van der Waals surface area contributed by atoms with Gasteiger partial charge in [-0.1, -0.05) is 32.3 Å². The van der Waals surface area contributed by atoms with Crippen LogP contribution in [0.3, 0.4) is 0 Å². The van der Waals surface area contributed by atoms with Gasteiger partial charge in [-0.15, -0.1) is 0 Å². The van der Waals surface area contributed by atoms with Gasteiger partial charge in [0.1, 0.15) is 5.75 Å². The molecular weight excluding hydrogens is 612 g/mol. The smallest absolute Gasteiger partial charge is 0.264 e. The van der Waals surface area contributed by atoms with E-state index < -0.39 is 26.6 Å². The SMILES string of the molecule is CCC(C)S(=O)(=O)NC(=O)c1ccc2c(C3CCCCC3)c(-c3ccc(OC)cc3)n(CC3(C(=O)N4CC5CCC4CN5)CC3)c2c1. The summed E-state index contributed by atoms with van der Waals surface area (Å²) < 4.78 is 35.8. The van der Waals surface area contributed by atoms with Gasteiger partial charge < -0.3 is 19.5 Å². The molecule has 3 aromatic rings. The van der Waals surface area contributed by atoms with Gasteiger partial charge in [-0.25, -0.2) is 13.1 Å². The molecule has 3 unspecified atom stereocenters. The summed E-state index contributed by atoms with van der Waals surface area (Å²) in [4.78, 5) is 30.0. The van der Waals surface area contributed by atoms with Gasteiger partial charge in [-0.2, -0.15) is 0 Å². The maximum Gasteiger partial charge on any atom is 0.264 e. The summed E-state index contributed by atoms with van der Waals surface area (Å²) in [5, 5.41) is 3.98. The van der Waals surface area contributed by atoms with E-state index in [4.69, 9.17) is 4.74 Å². The summed E-state index contributed by atoms with van der Waals surface area (Å²) in [6, 6.07) is 14.4. The van der Waals surface area contributed by atoms with Crippen molar-refractivity contribution >= 4 is 32.7 Å². The maximum atomic E-state index is 14.4. The van der Waals surface area contributed by atoms with Crippen LogP contribution in [-0.4, -0.2) is 67.2 Å². The van der Waals surface area contributed by atoms with Crippen molar-refractivity contribution in [3.05, 3.63) is 53.6 Å². The average molecular weight is 661 g/mol. The number of ether oxygens (including phenoxy) is 1. The molecule has 2 saturated carbocycles. The lowest BCUT2D eigenvalue weighted by molar-refractivity contribution is -0.143. The van der Waals surface area contributed by atoms with E-state index in [9.17, 15) is 18.0 Å². The number of methoxy groups -OCH3 is 1. The molecule has 2 aromatic carbocycles. The standard InChI is InChI=1S/C37H48N4O5S/c1-4-24(2)47(44,45)39-35(42)27-12-17-31-32(20-27)41(23-37(18-19-37)36(43)40-22-28-13-14-29(40)21-38-28)34(26-10-15-30(46-3)16-11-26)33(31)25-8-6-5-7-9-25/h10-12,15-17,20,24-25,28-29,38H,4-9,13-14,18-19,21-23H2,1-3H3,(H,39,42). The van der Waals surface area contributed by atoms with E-state index in [2.05, 4.69) is 31.6 Å². The molecular formula is C37H48N4O5S. The van der Waals surface area contributed by atoms with Crippen molar-refractivity contribution in [2.75, 3.05) is 20.2 Å². The second-order valence-electron chi connectivity index (χ2n) is 14.4. The van der Waals surface area contributed by atoms with Gasteiger partial charge in [-0.05, 0) is 105 Å². The molecule has 8 rings (SSSR count). The fraction of sp³-hybridized carbons (Fsp3) is 0.568. The molecule has 47 heavy (non-hydrogen) atoms. The number of amides is 2. The van der Waals surface area contributed by atoms with E-state index in [0.717, 1.165) is 79.5 Å². The Morgan fingerprint density at radius 3 is 2.38 bits per heavy atom. The summed E-state index contributed by atoms with van der Waals surface area (Å²) in [6.07, 6.45) is 9.99. The van der Waals surface area contributed by atoms with Crippen LogP contribution in [0.4, 0.5) is 0 Å². The maximum absolute atomic E-state index is 14.4. The van der Waals surface area contributed by atoms with Crippen molar-refractivity contribution in [1.82, 2.24) is 19.5 Å². The number of fused-ring (bicyclic) bond motifs is 4. The Balaban J connectivity index is 1.37. The summed E-state index contributed by atoms with van der Waals surface area (Å²) in [5.41, 5.74) is 4.11. The Morgan fingerprint density at radius 2 is 1.79 bits per heavy atom. The summed E-state index contributed by atoms with van der Waals surface area (Å²) in [7, 11) is -2.15. The molecule has 10 heteroatoms. The first-order valence-corrected chi connectivity index (χ1v) is 19.1. The Labute approximate surface area is 278 Å². The van der Waals surface area contributed by atoms with Crippen LogP contribution in [0.15, 0.2) is 42.5 Å². The predicted octanol–water partition coefficient (Wildman–Crippen LogP) is 5.97. The molecule has 1 aromatic heterocycles. The van der Waals surface area contributed by atoms with Crippen LogP contribution in [0, 0.1) is 5.41 Å². The molecule has 3 saturated heterocycles. The predicted molar refractivity (Wildman–Crippen MR) is 184 cm³/mol. The number of hydrogen-bond acceptors (Lipinski definition) is 6. The average Bonchev–Trinajstić information content (AvgIpc) is 3.83. The van der Waals surface area contributed by atoms with E-state index >= 15 is 0 Å². The first-order valence-electron chi connectivity index (χ1n) is 17.5. The lowest BCUT2D eigenvalue weighted by Gasteiger charge is -2.47. The zero-order valence-electron chi connectivity index (χ0n) is 27.9.